The lowest BCUT2D eigenvalue weighted by atomic mass is 10.0. The Morgan fingerprint density at radius 1 is 0.939 bits per heavy atom. The van der Waals surface area contributed by atoms with Crippen molar-refractivity contribution >= 4 is 22.7 Å². The molecule has 33 heavy (non-hydrogen) atoms. The summed E-state index contributed by atoms with van der Waals surface area (Å²) in [5.74, 6) is 1.47. The van der Waals surface area contributed by atoms with Crippen molar-refractivity contribution in [3.63, 3.8) is 0 Å². The highest BCUT2D eigenvalue weighted by Gasteiger charge is 2.15. The Morgan fingerprint density at radius 2 is 1.67 bits per heavy atom. The summed E-state index contributed by atoms with van der Waals surface area (Å²) in [5, 5.41) is 19.2. The zero-order valence-corrected chi connectivity index (χ0v) is 18.0. The van der Waals surface area contributed by atoms with Crippen molar-refractivity contribution in [3.8, 4) is 28.8 Å². The minimum atomic E-state index is 0.368. The molecule has 8 heteroatoms. The summed E-state index contributed by atoms with van der Waals surface area (Å²) >= 11 is 0. The van der Waals surface area contributed by atoms with Crippen molar-refractivity contribution in [1.82, 2.24) is 25.1 Å². The molecule has 0 aliphatic carbocycles. The van der Waals surface area contributed by atoms with Crippen molar-refractivity contribution < 1.29 is 4.74 Å². The molecule has 5 aromatic rings. The van der Waals surface area contributed by atoms with Crippen LogP contribution in [0.5, 0.6) is 11.6 Å². The Kier molecular flexibility index (Phi) is 5.13. The summed E-state index contributed by atoms with van der Waals surface area (Å²) in [7, 11) is 0. The van der Waals surface area contributed by atoms with E-state index in [1.165, 1.54) is 0 Å². The van der Waals surface area contributed by atoms with Crippen molar-refractivity contribution in [2.75, 3.05) is 5.32 Å². The maximum Gasteiger partial charge on any atom is 0.250 e. The number of hydrogen-bond acceptors (Lipinski definition) is 7. The van der Waals surface area contributed by atoms with Crippen LogP contribution in [0.4, 0.5) is 11.6 Å². The Hall–Kier alpha value is -4.77. The Labute approximate surface area is 189 Å². The van der Waals surface area contributed by atoms with E-state index in [9.17, 15) is 0 Å². The van der Waals surface area contributed by atoms with Crippen LogP contribution in [0.1, 0.15) is 16.7 Å². The first-order valence-electron chi connectivity index (χ1n) is 10.3. The van der Waals surface area contributed by atoms with Crippen LogP contribution in [0.2, 0.25) is 0 Å². The van der Waals surface area contributed by atoms with Crippen molar-refractivity contribution in [1.29, 1.82) is 5.26 Å². The number of rotatable bonds is 5. The third-order valence-corrected chi connectivity index (χ3v) is 5.21. The second-order valence-electron chi connectivity index (χ2n) is 7.57. The second-order valence-corrected chi connectivity index (χ2v) is 7.57. The average molecular weight is 433 g/mol. The molecule has 0 unspecified atom stereocenters. The van der Waals surface area contributed by atoms with Gasteiger partial charge in [0.1, 0.15) is 16.8 Å². The van der Waals surface area contributed by atoms with E-state index in [1.54, 1.807) is 42.9 Å². The SMILES string of the molecule is Cc1cc(-c2ccncc2)cc(C)c1Oc1nc(Nc2ccc(C#N)cc2)nc2cn[nH]c12. The minimum absolute atomic E-state index is 0.368. The number of H-pyrrole nitrogens is 1. The maximum absolute atomic E-state index is 8.99. The molecule has 2 aromatic carbocycles. The Morgan fingerprint density at radius 3 is 2.36 bits per heavy atom. The third-order valence-electron chi connectivity index (χ3n) is 5.21. The van der Waals surface area contributed by atoms with Gasteiger partial charge in [-0.1, -0.05) is 0 Å². The standard InChI is InChI=1S/C25H19N7O/c1-15-11-19(18-7-9-27-10-8-18)12-16(2)23(15)33-24-22-21(14-28-32-22)30-25(31-24)29-20-5-3-17(13-26)4-6-20/h3-12,14H,1-2H3,(H,28,32)(H,29,30,31). The summed E-state index contributed by atoms with van der Waals surface area (Å²) in [4.78, 5) is 13.2. The normalized spacial score (nSPS) is 10.7. The van der Waals surface area contributed by atoms with Crippen LogP contribution in [0, 0.1) is 25.2 Å². The van der Waals surface area contributed by atoms with Gasteiger partial charge in [0.05, 0.1) is 17.8 Å². The van der Waals surface area contributed by atoms with Crippen molar-refractivity contribution in [2.45, 2.75) is 13.8 Å². The highest BCUT2D eigenvalue weighted by molar-refractivity contribution is 5.81. The molecule has 0 radical (unpaired) electrons. The fourth-order valence-electron chi connectivity index (χ4n) is 3.62. The van der Waals surface area contributed by atoms with Gasteiger partial charge < -0.3 is 10.1 Å². The van der Waals surface area contributed by atoms with Gasteiger partial charge in [-0.25, -0.2) is 4.98 Å². The van der Waals surface area contributed by atoms with Crippen molar-refractivity contribution in [2.24, 2.45) is 0 Å². The van der Waals surface area contributed by atoms with Gasteiger partial charge in [0.15, 0.2) is 0 Å². The minimum Gasteiger partial charge on any atom is -0.436 e. The highest BCUT2D eigenvalue weighted by atomic mass is 16.5. The Bertz CT molecular complexity index is 1460. The van der Waals surface area contributed by atoms with E-state index in [4.69, 9.17) is 10.00 Å². The number of aromatic nitrogens is 5. The summed E-state index contributed by atoms with van der Waals surface area (Å²) in [6.07, 6.45) is 5.19. The quantitative estimate of drug-likeness (QED) is 0.379. The van der Waals surface area contributed by atoms with Crippen LogP contribution in [-0.4, -0.2) is 25.1 Å². The van der Waals surface area contributed by atoms with E-state index in [0.717, 1.165) is 33.7 Å². The third kappa shape index (κ3) is 4.07. The molecule has 0 bridgehead atoms. The number of nitriles is 1. The maximum atomic E-state index is 8.99. The van der Waals surface area contributed by atoms with Crippen LogP contribution in [0.25, 0.3) is 22.2 Å². The molecule has 0 saturated heterocycles. The summed E-state index contributed by atoms with van der Waals surface area (Å²) in [5.41, 5.74) is 6.72. The smallest absolute Gasteiger partial charge is 0.250 e. The van der Waals surface area contributed by atoms with Gasteiger partial charge in [-0.2, -0.15) is 15.3 Å². The van der Waals surface area contributed by atoms with E-state index in [1.807, 2.05) is 26.0 Å². The first-order chi connectivity index (χ1) is 16.1. The van der Waals surface area contributed by atoms with Gasteiger partial charge in [0, 0.05) is 18.1 Å². The number of ether oxygens (including phenoxy) is 1. The van der Waals surface area contributed by atoms with Gasteiger partial charge in [-0.3, -0.25) is 10.1 Å². The molecule has 0 fully saturated rings. The Balaban J connectivity index is 1.50. The molecule has 2 N–H and O–H groups in total. The molecule has 8 nitrogen and oxygen atoms in total. The van der Waals surface area contributed by atoms with E-state index in [2.05, 4.69) is 48.7 Å². The van der Waals surface area contributed by atoms with Gasteiger partial charge in [-0.15, -0.1) is 0 Å². The first kappa shape index (κ1) is 20.2. The topological polar surface area (TPSA) is 112 Å². The number of benzene rings is 2. The number of pyridine rings is 1. The van der Waals surface area contributed by atoms with Crippen LogP contribution >= 0.6 is 0 Å². The molecular formula is C25H19N7O. The van der Waals surface area contributed by atoms with Gasteiger partial charge in [-0.05, 0) is 84.6 Å². The number of aryl methyl sites for hydroxylation is 2. The first-order valence-corrected chi connectivity index (χ1v) is 10.3. The summed E-state index contributed by atoms with van der Waals surface area (Å²) in [6.45, 7) is 4.02. The lowest BCUT2D eigenvalue weighted by molar-refractivity contribution is 0.461. The molecule has 0 atom stereocenters. The monoisotopic (exact) mass is 433 g/mol. The fraction of sp³-hybridized carbons (Fsp3) is 0.0800. The van der Waals surface area contributed by atoms with E-state index >= 15 is 0 Å². The lowest BCUT2D eigenvalue weighted by Gasteiger charge is -2.14. The predicted molar refractivity (Wildman–Crippen MR) is 125 cm³/mol. The molecule has 160 valence electrons. The predicted octanol–water partition coefficient (Wildman–Crippen LogP) is 5.44. The van der Waals surface area contributed by atoms with E-state index in [-0.39, 0.29) is 0 Å². The van der Waals surface area contributed by atoms with Crippen LogP contribution < -0.4 is 10.1 Å². The lowest BCUT2D eigenvalue weighted by Crippen LogP contribution is -2.01. The fourth-order valence-corrected chi connectivity index (χ4v) is 3.62. The second kappa shape index (κ2) is 8.40. The molecule has 0 aliphatic rings. The van der Waals surface area contributed by atoms with Crippen LogP contribution in [-0.2, 0) is 0 Å². The van der Waals surface area contributed by atoms with E-state index < -0.39 is 0 Å². The molecule has 3 aromatic heterocycles. The number of aromatic amines is 1. The molecule has 3 heterocycles. The molecule has 5 rings (SSSR count). The van der Waals surface area contributed by atoms with Gasteiger partial charge in [0.25, 0.3) is 0 Å². The van der Waals surface area contributed by atoms with Gasteiger partial charge >= 0.3 is 0 Å². The molecule has 0 spiro atoms. The number of hydrogen-bond donors (Lipinski definition) is 2. The summed E-state index contributed by atoms with van der Waals surface area (Å²) in [6, 6.07) is 17.3. The van der Waals surface area contributed by atoms with Crippen LogP contribution in [0.15, 0.2) is 67.1 Å². The number of nitrogens with one attached hydrogen (secondary N) is 2. The zero-order valence-electron chi connectivity index (χ0n) is 18.0. The van der Waals surface area contributed by atoms with Gasteiger partial charge in [0.2, 0.25) is 11.8 Å². The van der Waals surface area contributed by atoms with E-state index in [0.29, 0.717) is 28.4 Å². The molecule has 0 saturated carbocycles. The van der Waals surface area contributed by atoms with Crippen molar-refractivity contribution in [3.05, 3.63) is 83.8 Å². The summed E-state index contributed by atoms with van der Waals surface area (Å²) < 4.78 is 6.30. The molecule has 0 amide bonds. The van der Waals surface area contributed by atoms with Crippen LogP contribution in [0.3, 0.4) is 0 Å². The number of nitrogens with zero attached hydrogens (tertiary/aromatic N) is 5. The number of anilines is 2. The molecular weight excluding hydrogens is 414 g/mol. The average Bonchev–Trinajstić information content (AvgIpc) is 3.31. The largest absolute Gasteiger partial charge is 0.436 e. The number of fused-ring (bicyclic) bond motifs is 1. The zero-order chi connectivity index (χ0) is 22.8. The highest BCUT2D eigenvalue weighted by Crippen LogP contribution is 2.35. The molecule has 0 aliphatic heterocycles.